The van der Waals surface area contributed by atoms with Gasteiger partial charge in [0.1, 0.15) is 0 Å². The quantitative estimate of drug-likeness (QED) is 0.858. The highest BCUT2D eigenvalue weighted by atomic mass is 16.2. The van der Waals surface area contributed by atoms with Crippen LogP contribution in [0.2, 0.25) is 0 Å². The van der Waals surface area contributed by atoms with Gasteiger partial charge in [-0.05, 0) is 42.0 Å². The summed E-state index contributed by atoms with van der Waals surface area (Å²) in [6, 6.07) is 17.9. The number of nitrogens with one attached hydrogen (secondary N) is 2. The maximum Gasteiger partial charge on any atom is 0.223 e. The predicted molar refractivity (Wildman–Crippen MR) is 94.7 cm³/mol. The molecule has 0 heterocycles. The molecule has 1 saturated carbocycles. The summed E-state index contributed by atoms with van der Waals surface area (Å²) in [5.41, 5.74) is 3.19. The van der Waals surface area contributed by atoms with Crippen molar-refractivity contribution < 1.29 is 9.59 Å². The molecule has 4 heteroatoms. The molecule has 0 aromatic heterocycles. The van der Waals surface area contributed by atoms with Gasteiger partial charge in [0.2, 0.25) is 11.8 Å². The number of amides is 2. The summed E-state index contributed by atoms with van der Waals surface area (Å²) >= 11 is 0. The zero-order valence-corrected chi connectivity index (χ0v) is 13.8. The Labute approximate surface area is 142 Å². The standard InChI is InChI=1S/C20H22N2O2/c1-14(23)22-17-9-7-15(8-10-17)11-12-21-20(24)19-13-18(19)16-5-3-2-4-6-16/h2-10,18-19H,11-13H2,1H3,(H,21,24)(H,22,23). The van der Waals surface area contributed by atoms with Gasteiger partial charge in [0, 0.05) is 25.1 Å². The Morgan fingerprint density at radius 3 is 2.42 bits per heavy atom. The number of anilines is 1. The molecular weight excluding hydrogens is 300 g/mol. The van der Waals surface area contributed by atoms with Crippen molar-refractivity contribution in [1.82, 2.24) is 5.32 Å². The van der Waals surface area contributed by atoms with Gasteiger partial charge < -0.3 is 10.6 Å². The fraction of sp³-hybridized carbons (Fsp3) is 0.300. The van der Waals surface area contributed by atoms with Crippen LogP contribution in [-0.2, 0) is 16.0 Å². The second kappa shape index (κ2) is 7.30. The normalized spacial score (nSPS) is 18.7. The third-order valence-electron chi connectivity index (χ3n) is 4.34. The molecule has 1 aliphatic carbocycles. The number of hydrogen-bond donors (Lipinski definition) is 2. The van der Waals surface area contributed by atoms with Gasteiger partial charge >= 0.3 is 0 Å². The number of rotatable bonds is 6. The molecule has 2 atom stereocenters. The first-order valence-corrected chi connectivity index (χ1v) is 8.32. The van der Waals surface area contributed by atoms with E-state index < -0.39 is 0 Å². The molecule has 1 aliphatic rings. The van der Waals surface area contributed by atoms with Crippen molar-refractivity contribution in [1.29, 1.82) is 0 Å². The average molecular weight is 322 g/mol. The second-order valence-corrected chi connectivity index (χ2v) is 6.28. The zero-order valence-electron chi connectivity index (χ0n) is 13.8. The molecule has 0 bridgehead atoms. The van der Waals surface area contributed by atoms with Crippen molar-refractivity contribution in [2.45, 2.75) is 25.7 Å². The van der Waals surface area contributed by atoms with E-state index in [-0.39, 0.29) is 17.7 Å². The lowest BCUT2D eigenvalue weighted by molar-refractivity contribution is -0.122. The van der Waals surface area contributed by atoms with Crippen LogP contribution in [0.15, 0.2) is 54.6 Å². The molecule has 2 amide bonds. The lowest BCUT2D eigenvalue weighted by Gasteiger charge is -2.07. The smallest absolute Gasteiger partial charge is 0.223 e. The minimum Gasteiger partial charge on any atom is -0.356 e. The largest absolute Gasteiger partial charge is 0.356 e. The fourth-order valence-corrected chi connectivity index (χ4v) is 2.97. The first-order valence-electron chi connectivity index (χ1n) is 8.32. The van der Waals surface area contributed by atoms with Crippen LogP contribution in [0.3, 0.4) is 0 Å². The summed E-state index contributed by atoms with van der Waals surface area (Å²) in [4.78, 5) is 23.2. The van der Waals surface area contributed by atoms with E-state index in [0.717, 1.165) is 24.1 Å². The molecule has 2 unspecified atom stereocenters. The molecule has 3 rings (SSSR count). The minimum atomic E-state index is -0.0765. The van der Waals surface area contributed by atoms with Gasteiger partial charge in [0.15, 0.2) is 0 Å². The Morgan fingerprint density at radius 2 is 1.75 bits per heavy atom. The molecule has 0 aliphatic heterocycles. The van der Waals surface area contributed by atoms with E-state index in [2.05, 4.69) is 22.8 Å². The maximum atomic E-state index is 12.2. The van der Waals surface area contributed by atoms with Crippen LogP contribution in [0.1, 0.15) is 30.4 Å². The van der Waals surface area contributed by atoms with Crippen LogP contribution in [-0.4, -0.2) is 18.4 Å². The van der Waals surface area contributed by atoms with Crippen LogP contribution in [0, 0.1) is 5.92 Å². The predicted octanol–water partition coefficient (Wildman–Crippen LogP) is 3.11. The number of carbonyl (C=O) groups is 2. The first kappa shape index (κ1) is 16.2. The Balaban J connectivity index is 1.42. The highest BCUT2D eigenvalue weighted by Gasteiger charge is 2.43. The molecule has 0 spiro atoms. The van der Waals surface area contributed by atoms with E-state index >= 15 is 0 Å². The van der Waals surface area contributed by atoms with Gasteiger partial charge in [-0.15, -0.1) is 0 Å². The van der Waals surface area contributed by atoms with Gasteiger partial charge in [-0.25, -0.2) is 0 Å². The van der Waals surface area contributed by atoms with Gasteiger partial charge in [-0.1, -0.05) is 42.5 Å². The lowest BCUT2D eigenvalue weighted by Crippen LogP contribution is -2.27. The van der Waals surface area contributed by atoms with E-state index in [9.17, 15) is 9.59 Å². The van der Waals surface area contributed by atoms with Crippen molar-refractivity contribution in [3.05, 3.63) is 65.7 Å². The molecule has 124 valence electrons. The van der Waals surface area contributed by atoms with Gasteiger partial charge in [-0.2, -0.15) is 0 Å². The average Bonchev–Trinajstić information content (AvgIpc) is 3.37. The summed E-state index contributed by atoms with van der Waals surface area (Å²) in [6.07, 6.45) is 1.73. The highest BCUT2D eigenvalue weighted by Crippen LogP contribution is 2.47. The van der Waals surface area contributed by atoms with E-state index in [1.807, 2.05) is 42.5 Å². The molecule has 2 aromatic rings. The molecule has 24 heavy (non-hydrogen) atoms. The third-order valence-corrected chi connectivity index (χ3v) is 4.34. The summed E-state index contributed by atoms with van der Waals surface area (Å²) in [6.45, 7) is 2.13. The number of carbonyl (C=O) groups excluding carboxylic acids is 2. The first-order chi connectivity index (χ1) is 11.6. The molecule has 1 fully saturated rings. The summed E-state index contributed by atoms with van der Waals surface area (Å²) < 4.78 is 0. The van der Waals surface area contributed by atoms with Crippen LogP contribution >= 0.6 is 0 Å². The SMILES string of the molecule is CC(=O)Nc1ccc(CCNC(=O)C2CC2c2ccccc2)cc1. The van der Waals surface area contributed by atoms with Gasteiger partial charge in [0.25, 0.3) is 0 Å². The summed E-state index contributed by atoms with van der Waals surface area (Å²) in [7, 11) is 0. The van der Waals surface area contributed by atoms with Gasteiger partial charge in [-0.3, -0.25) is 9.59 Å². The molecule has 2 aromatic carbocycles. The monoisotopic (exact) mass is 322 g/mol. The summed E-state index contributed by atoms with van der Waals surface area (Å²) in [5, 5.41) is 5.77. The van der Waals surface area contributed by atoms with Crippen molar-refractivity contribution in [3.63, 3.8) is 0 Å². The van der Waals surface area contributed by atoms with Crippen molar-refractivity contribution in [3.8, 4) is 0 Å². The van der Waals surface area contributed by atoms with Crippen molar-refractivity contribution in [2.75, 3.05) is 11.9 Å². The van der Waals surface area contributed by atoms with E-state index in [0.29, 0.717) is 12.5 Å². The minimum absolute atomic E-state index is 0.0765. The lowest BCUT2D eigenvalue weighted by atomic mass is 10.1. The van der Waals surface area contributed by atoms with Gasteiger partial charge in [0.05, 0.1) is 0 Å². The number of benzene rings is 2. The van der Waals surface area contributed by atoms with Crippen LogP contribution < -0.4 is 10.6 Å². The van der Waals surface area contributed by atoms with E-state index in [1.165, 1.54) is 12.5 Å². The van der Waals surface area contributed by atoms with Crippen LogP contribution in [0.25, 0.3) is 0 Å². The Kier molecular flexibility index (Phi) is 4.94. The molecule has 0 saturated heterocycles. The Morgan fingerprint density at radius 1 is 1.04 bits per heavy atom. The van der Waals surface area contributed by atoms with Crippen molar-refractivity contribution in [2.24, 2.45) is 5.92 Å². The van der Waals surface area contributed by atoms with Crippen LogP contribution in [0.4, 0.5) is 5.69 Å². The molecule has 2 N–H and O–H groups in total. The maximum absolute atomic E-state index is 12.2. The second-order valence-electron chi connectivity index (χ2n) is 6.28. The van der Waals surface area contributed by atoms with E-state index in [4.69, 9.17) is 0 Å². The Hall–Kier alpha value is -2.62. The zero-order chi connectivity index (χ0) is 16.9. The topological polar surface area (TPSA) is 58.2 Å². The van der Waals surface area contributed by atoms with Crippen LogP contribution in [0.5, 0.6) is 0 Å². The third kappa shape index (κ3) is 4.22. The molecular formula is C20H22N2O2. The summed E-state index contributed by atoms with van der Waals surface area (Å²) in [5.74, 6) is 0.573. The highest BCUT2D eigenvalue weighted by molar-refractivity contribution is 5.88. The Bertz CT molecular complexity index is 710. The molecule has 4 nitrogen and oxygen atoms in total. The van der Waals surface area contributed by atoms with E-state index in [1.54, 1.807) is 0 Å². The van der Waals surface area contributed by atoms with Crippen molar-refractivity contribution >= 4 is 17.5 Å². The molecule has 0 radical (unpaired) electrons. The number of hydrogen-bond acceptors (Lipinski definition) is 2. The fourth-order valence-electron chi connectivity index (χ4n) is 2.97.